The summed E-state index contributed by atoms with van der Waals surface area (Å²) >= 11 is 5.90. The quantitative estimate of drug-likeness (QED) is 0.877. The summed E-state index contributed by atoms with van der Waals surface area (Å²) < 4.78 is 5.63. The molecule has 0 saturated heterocycles. The van der Waals surface area contributed by atoms with E-state index in [0.717, 1.165) is 5.56 Å². The van der Waals surface area contributed by atoms with Gasteiger partial charge in [0, 0.05) is 10.6 Å². The number of carboxylic acid groups (broad SMARTS) is 1. The van der Waals surface area contributed by atoms with E-state index in [1.54, 1.807) is 24.3 Å². The summed E-state index contributed by atoms with van der Waals surface area (Å²) in [6.45, 7) is 7.43. The van der Waals surface area contributed by atoms with Gasteiger partial charge in [0.2, 0.25) is 5.88 Å². The van der Waals surface area contributed by atoms with Gasteiger partial charge in [0.15, 0.2) is 5.82 Å². The SMILES string of the molecule is CC(C)Oc1nc(-c2ccc(Cl)cc2)nc(C(C)C)c1C(=O)O. The monoisotopic (exact) mass is 334 g/mol. The molecule has 2 aromatic rings. The van der Waals surface area contributed by atoms with Crippen molar-refractivity contribution in [1.82, 2.24) is 9.97 Å². The summed E-state index contributed by atoms with van der Waals surface area (Å²) in [6, 6.07) is 7.06. The van der Waals surface area contributed by atoms with Crippen molar-refractivity contribution in [1.29, 1.82) is 0 Å². The molecule has 0 unspecified atom stereocenters. The summed E-state index contributed by atoms with van der Waals surface area (Å²) in [5.41, 5.74) is 1.22. The van der Waals surface area contributed by atoms with Crippen LogP contribution in [0.2, 0.25) is 5.02 Å². The Morgan fingerprint density at radius 2 is 1.74 bits per heavy atom. The van der Waals surface area contributed by atoms with Gasteiger partial charge in [-0.05, 0) is 44.0 Å². The first-order valence-corrected chi connectivity index (χ1v) is 7.75. The van der Waals surface area contributed by atoms with Crippen molar-refractivity contribution in [3.8, 4) is 17.3 Å². The van der Waals surface area contributed by atoms with Crippen LogP contribution in [0.1, 0.15) is 49.7 Å². The maximum absolute atomic E-state index is 11.6. The zero-order valence-electron chi connectivity index (χ0n) is 13.5. The molecule has 1 aromatic heterocycles. The number of rotatable bonds is 5. The minimum atomic E-state index is -1.09. The van der Waals surface area contributed by atoms with Gasteiger partial charge in [0.1, 0.15) is 5.56 Å². The predicted octanol–water partition coefficient (Wildman–Crippen LogP) is 4.41. The number of aromatic carboxylic acids is 1. The highest BCUT2D eigenvalue weighted by atomic mass is 35.5. The lowest BCUT2D eigenvalue weighted by atomic mass is 10.0. The van der Waals surface area contributed by atoms with E-state index in [4.69, 9.17) is 16.3 Å². The molecular weight excluding hydrogens is 316 g/mol. The van der Waals surface area contributed by atoms with Crippen LogP contribution in [0.15, 0.2) is 24.3 Å². The lowest BCUT2D eigenvalue weighted by molar-refractivity contribution is 0.0686. The Hall–Kier alpha value is -2.14. The summed E-state index contributed by atoms with van der Waals surface area (Å²) in [7, 11) is 0. The molecule has 0 bridgehead atoms. The van der Waals surface area contributed by atoms with E-state index in [1.165, 1.54) is 0 Å². The molecular formula is C17H19ClN2O3. The first kappa shape index (κ1) is 17.2. The molecule has 1 aromatic carbocycles. The Morgan fingerprint density at radius 3 is 2.22 bits per heavy atom. The first-order chi connectivity index (χ1) is 10.8. The molecule has 0 radical (unpaired) electrons. The second kappa shape index (κ2) is 6.96. The van der Waals surface area contributed by atoms with Crippen molar-refractivity contribution in [2.24, 2.45) is 0 Å². The van der Waals surface area contributed by atoms with Crippen LogP contribution in [-0.4, -0.2) is 27.1 Å². The van der Waals surface area contributed by atoms with Gasteiger partial charge in [-0.25, -0.2) is 9.78 Å². The number of hydrogen-bond acceptors (Lipinski definition) is 4. The van der Waals surface area contributed by atoms with Gasteiger partial charge in [0.25, 0.3) is 0 Å². The number of aromatic nitrogens is 2. The third kappa shape index (κ3) is 3.99. The average molecular weight is 335 g/mol. The fraction of sp³-hybridized carbons (Fsp3) is 0.353. The molecule has 0 spiro atoms. The molecule has 0 saturated carbocycles. The van der Waals surface area contributed by atoms with Gasteiger partial charge >= 0.3 is 5.97 Å². The zero-order chi connectivity index (χ0) is 17.1. The van der Waals surface area contributed by atoms with Crippen LogP contribution in [-0.2, 0) is 0 Å². The minimum absolute atomic E-state index is 0.0198. The van der Waals surface area contributed by atoms with E-state index in [-0.39, 0.29) is 23.5 Å². The van der Waals surface area contributed by atoms with Crippen LogP contribution in [0.3, 0.4) is 0 Å². The van der Waals surface area contributed by atoms with Crippen LogP contribution < -0.4 is 4.74 Å². The van der Waals surface area contributed by atoms with E-state index in [1.807, 2.05) is 27.7 Å². The summed E-state index contributed by atoms with van der Waals surface area (Å²) in [4.78, 5) is 20.4. The third-order valence-corrected chi connectivity index (χ3v) is 3.37. The van der Waals surface area contributed by atoms with Crippen molar-refractivity contribution in [2.45, 2.75) is 39.7 Å². The largest absolute Gasteiger partial charge is 0.477 e. The first-order valence-electron chi connectivity index (χ1n) is 7.37. The second-order valence-electron chi connectivity index (χ2n) is 5.75. The molecule has 0 aliphatic rings. The predicted molar refractivity (Wildman–Crippen MR) is 89.3 cm³/mol. The van der Waals surface area contributed by atoms with Crippen LogP contribution >= 0.6 is 11.6 Å². The van der Waals surface area contributed by atoms with E-state index in [2.05, 4.69) is 9.97 Å². The Balaban J connectivity index is 2.67. The lowest BCUT2D eigenvalue weighted by Gasteiger charge is -2.17. The topological polar surface area (TPSA) is 72.3 Å². The Morgan fingerprint density at radius 1 is 1.13 bits per heavy atom. The molecule has 0 amide bonds. The van der Waals surface area contributed by atoms with Crippen molar-refractivity contribution >= 4 is 17.6 Å². The molecule has 0 fully saturated rings. The summed E-state index contributed by atoms with van der Waals surface area (Å²) in [5, 5.41) is 10.1. The number of carboxylic acids is 1. The van der Waals surface area contributed by atoms with Crippen molar-refractivity contribution < 1.29 is 14.6 Å². The standard InChI is InChI=1S/C17H19ClN2O3/c1-9(2)14-13(17(21)22)16(23-10(3)4)20-15(19-14)11-5-7-12(18)8-6-11/h5-10H,1-4H3,(H,21,22). The highest BCUT2D eigenvalue weighted by Gasteiger charge is 2.24. The zero-order valence-corrected chi connectivity index (χ0v) is 14.3. The number of halogens is 1. The minimum Gasteiger partial charge on any atom is -0.477 e. The highest BCUT2D eigenvalue weighted by molar-refractivity contribution is 6.30. The fourth-order valence-electron chi connectivity index (χ4n) is 2.11. The number of carbonyl (C=O) groups is 1. The number of hydrogen-bond donors (Lipinski definition) is 1. The number of nitrogens with zero attached hydrogens (tertiary/aromatic N) is 2. The summed E-state index contributed by atoms with van der Waals surface area (Å²) in [5.74, 6) is -0.654. The molecule has 1 heterocycles. The third-order valence-electron chi connectivity index (χ3n) is 3.11. The van der Waals surface area contributed by atoms with E-state index < -0.39 is 5.97 Å². The highest BCUT2D eigenvalue weighted by Crippen LogP contribution is 2.29. The maximum atomic E-state index is 11.6. The van der Waals surface area contributed by atoms with E-state index >= 15 is 0 Å². The molecule has 23 heavy (non-hydrogen) atoms. The molecule has 6 heteroatoms. The van der Waals surface area contributed by atoms with Gasteiger partial charge < -0.3 is 9.84 Å². The molecule has 122 valence electrons. The maximum Gasteiger partial charge on any atom is 0.343 e. The molecule has 2 rings (SSSR count). The molecule has 0 aliphatic heterocycles. The summed E-state index contributed by atoms with van der Waals surface area (Å²) in [6.07, 6.45) is -0.193. The van der Waals surface area contributed by atoms with Crippen molar-refractivity contribution in [3.63, 3.8) is 0 Å². The Bertz CT molecular complexity index is 713. The van der Waals surface area contributed by atoms with E-state index in [0.29, 0.717) is 16.5 Å². The van der Waals surface area contributed by atoms with Gasteiger partial charge in [-0.1, -0.05) is 25.4 Å². The van der Waals surface area contributed by atoms with Crippen molar-refractivity contribution in [3.05, 3.63) is 40.5 Å². The van der Waals surface area contributed by atoms with Gasteiger partial charge in [0.05, 0.1) is 11.8 Å². The Kier molecular flexibility index (Phi) is 5.21. The lowest BCUT2D eigenvalue weighted by Crippen LogP contribution is -2.16. The fourth-order valence-corrected chi connectivity index (χ4v) is 2.24. The van der Waals surface area contributed by atoms with E-state index in [9.17, 15) is 9.90 Å². The molecule has 0 aliphatic carbocycles. The average Bonchev–Trinajstić information content (AvgIpc) is 2.46. The number of benzene rings is 1. The van der Waals surface area contributed by atoms with Gasteiger partial charge in [-0.3, -0.25) is 0 Å². The Labute approximate surface area is 140 Å². The molecule has 1 N–H and O–H groups in total. The molecule has 5 nitrogen and oxygen atoms in total. The second-order valence-corrected chi connectivity index (χ2v) is 6.18. The van der Waals surface area contributed by atoms with Gasteiger partial charge in [-0.15, -0.1) is 0 Å². The van der Waals surface area contributed by atoms with Gasteiger partial charge in [-0.2, -0.15) is 4.98 Å². The van der Waals surface area contributed by atoms with Crippen molar-refractivity contribution in [2.75, 3.05) is 0 Å². The van der Waals surface area contributed by atoms with Crippen LogP contribution in [0, 0.1) is 0 Å². The number of ether oxygens (including phenoxy) is 1. The van der Waals surface area contributed by atoms with Crippen LogP contribution in [0.25, 0.3) is 11.4 Å². The smallest absolute Gasteiger partial charge is 0.343 e. The van der Waals surface area contributed by atoms with Crippen LogP contribution in [0.4, 0.5) is 0 Å². The van der Waals surface area contributed by atoms with Crippen LogP contribution in [0.5, 0.6) is 5.88 Å². The normalized spacial score (nSPS) is 11.1. The molecule has 0 atom stereocenters.